The largest absolute Gasteiger partial charge is 0.454 e. The van der Waals surface area contributed by atoms with E-state index in [1.165, 1.54) is 24.3 Å². The van der Waals surface area contributed by atoms with Gasteiger partial charge in [-0.25, -0.2) is 0 Å². The highest BCUT2D eigenvalue weighted by molar-refractivity contribution is 6.03. The molecule has 9 heteroatoms. The highest BCUT2D eigenvalue weighted by Crippen LogP contribution is 2.35. The van der Waals surface area contributed by atoms with Crippen LogP contribution in [0.1, 0.15) is 35.2 Å². The van der Waals surface area contributed by atoms with Crippen LogP contribution in [0, 0.1) is 0 Å². The monoisotopic (exact) mass is 391 g/mol. The lowest BCUT2D eigenvalue weighted by Crippen LogP contribution is -2.39. The first-order valence-corrected chi connectivity index (χ1v) is 8.67. The van der Waals surface area contributed by atoms with Gasteiger partial charge in [0.2, 0.25) is 5.88 Å². The van der Waals surface area contributed by atoms with E-state index in [0.29, 0.717) is 0 Å². The number of carbonyl (C=O) groups excluding carboxylic acids is 1. The molecule has 3 N–H and O–H groups in total. The first-order chi connectivity index (χ1) is 13.3. The van der Waals surface area contributed by atoms with E-state index in [-0.39, 0.29) is 40.3 Å². The van der Waals surface area contributed by atoms with Crippen LogP contribution >= 0.6 is 0 Å². The van der Waals surface area contributed by atoms with Gasteiger partial charge in [-0.05, 0) is 43.5 Å². The Morgan fingerprint density at radius 2 is 1.93 bits per heavy atom. The minimum atomic E-state index is -4.46. The normalized spacial score (nSPS) is 14.7. The lowest BCUT2D eigenvalue weighted by molar-refractivity contribution is -0.137. The maximum absolute atomic E-state index is 12.9. The molecule has 2 heterocycles. The smallest absolute Gasteiger partial charge is 0.416 e. The molecular formula is C19H16F3N3O3. The van der Waals surface area contributed by atoms with Gasteiger partial charge in [-0.15, -0.1) is 0 Å². The maximum atomic E-state index is 12.9. The molecule has 0 bridgehead atoms. The Bertz CT molecular complexity index is 1020. The molecule has 1 aromatic carbocycles. The number of nitrogens with two attached hydrogens (primary N) is 1. The van der Waals surface area contributed by atoms with E-state index < -0.39 is 17.6 Å². The number of hydrogen-bond acceptors (Lipinski definition) is 5. The van der Waals surface area contributed by atoms with E-state index in [1.54, 1.807) is 0 Å². The molecule has 1 fully saturated rings. The molecule has 3 aromatic rings. The van der Waals surface area contributed by atoms with Crippen molar-refractivity contribution in [3.8, 4) is 22.8 Å². The second-order valence-electron chi connectivity index (χ2n) is 6.61. The zero-order chi connectivity index (χ0) is 19.9. The SMILES string of the molecule is Nc1onc(-c2ccc(-c3cccc(C(F)(F)F)c3)o2)c1C(=O)NC1CCC1. The molecule has 1 aliphatic rings. The Balaban J connectivity index is 1.64. The number of alkyl halides is 3. The number of hydrogen-bond donors (Lipinski definition) is 2. The number of rotatable bonds is 4. The molecule has 4 rings (SSSR count). The van der Waals surface area contributed by atoms with Crippen molar-refractivity contribution in [1.82, 2.24) is 10.5 Å². The van der Waals surface area contributed by atoms with Gasteiger partial charge in [0.05, 0.1) is 5.56 Å². The van der Waals surface area contributed by atoms with Crippen molar-refractivity contribution in [3.63, 3.8) is 0 Å². The fourth-order valence-electron chi connectivity index (χ4n) is 2.97. The molecule has 1 aliphatic carbocycles. The zero-order valence-corrected chi connectivity index (χ0v) is 14.5. The number of carbonyl (C=O) groups is 1. The van der Waals surface area contributed by atoms with Crippen molar-refractivity contribution in [2.45, 2.75) is 31.5 Å². The zero-order valence-electron chi connectivity index (χ0n) is 14.5. The van der Waals surface area contributed by atoms with E-state index in [2.05, 4.69) is 10.5 Å². The minimum Gasteiger partial charge on any atom is -0.454 e. The van der Waals surface area contributed by atoms with Gasteiger partial charge in [0, 0.05) is 11.6 Å². The topological polar surface area (TPSA) is 94.3 Å². The number of benzene rings is 1. The second-order valence-corrected chi connectivity index (χ2v) is 6.61. The number of nitrogens with zero attached hydrogens (tertiary/aromatic N) is 1. The predicted molar refractivity (Wildman–Crippen MR) is 94.2 cm³/mol. The summed E-state index contributed by atoms with van der Waals surface area (Å²) in [4.78, 5) is 12.5. The van der Waals surface area contributed by atoms with Crippen LogP contribution in [0.3, 0.4) is 0 Å². The van der Waals surface area contributed by atoms with Crippen molar-refractivity contribution in [2.75, 3.05) is 5.73 Å². The van der Waals surface area contributed by atoms with Gasteiger partial charge in [0.15, 0.2) is 11.5 Å². The van der Waals surface area contributed by atoms with Crippen LogP contribution in [0.15, 0.2) is 45.3 Å². The van der Waals surface area contributed by atoms with Crippen LogP contribution < -0.4 is 11.1 Å². The van der Waals surface area contributed by atoms with Crippen molar-refractivity contribution in [2.24, 2.45) is 0 Å². The van der Waals surface area contributed by atoms with Crippen molar-refractivity contribution in [3.05, 3.63) is 47.5 Å². The summed E-state index contributed by atoms with van der Waals surface area (Å²) in [6.45, 7) is 0. The van der Waals surface area contributed by atoms with Gasteiger partial charge in [-0.3, -0.25) is 4.79 Å². The molecule has 0 aliphatic heterocycles. The molecule has 0 atom stereocenters. The Morgan fingerprint density at radius 1 is 1.18 bits per heavy atom. The van der Waals surface area contributed by atoms with Gasteiger partial charge >= 0.3 is 6.18 Å². The van der Waals surface area contributed by atoms with Gasteiger partial charge in [0.25, 0.3) is 5.91 Å². The molecule has 1 amide bonds. The van der Waals surface area contributed by atoms with Crippen LogP contribution in [0.4, 0.5) is 19.1 Å². The quantitative estimate of drug-likeness (QED) is 0.684. The fourth-order valence-corrected chi connectivity index (χ4v) is 2.97. The third kappa shape index (κ3) is 3.35. The Morgan fingerprint density at radius 3 is 2.61 bits per heavy atom. The van der Waals surface area contributed by atoms with Crippen LogP contribution in [-0.4, -0.2) is 17.1 Å². The summed E-state index contributed by atoms with van der Waals surface area (Å²) in [5.74, 6) is -0.195. The molecule has 0 unspecified atom stereocenters. The lowest BCUT2D eigenvalue weighted by atomic mass is 9.93. The van der Waals surface area contributed by atoms with Crippen molar-refractivity contribution in [1.29, 1.82) is 0 Å². The lowest BCUT2D eigenvalue weighted by Gasteiger charge is -2.26. The summed E-state index contributed by atoms with van der Waals surface area (Å²) in [6.07, 6.45) is -1.62. The van der Waals surface area contributed by atoms with Gasteiger partial charge < -0.3 is 20.0 Å². The first kappa shape index (κ1) is 18.1. The van der Waals surface area contributed by atoms with Crippen LogP contribution in [0.5, 0.6) is 0 Å². The Kier molecular flexibility index (Phi) is 4.37. The summed E-state index contributed by atoms with van der Waals surface area (Å²) in [5, 5.41) is 6.63. The molecule has 146 valence electrons. The first-order valence-electron chi connectivity index (χ1n) is 8.67. The summed E-state index contributed by atoms with van der Waals surface area (Å²) < 4.78 is 49.4. The number of nitrogen functional groups attached to an aromatic ring is 1. The number of aromatic nitrogens is 1. The fraction of sp³-hybridized carbons (Fsp3) is 0.263. The number of furan rings is 1. The average Bonchev–Trinajstić information content (AvgIpc) is 3.24. The van der Waals surface area contributed by atoms with Crippen LogP contribution in [0.2, 0.25) is 0 Å². The second kappa shape index (κ2) is 6.74. The van der Waals surface area contributed by atoms with Crippen LogP contribution in [0.25, 0.3) is 22.8 Å². The number of amides is 1. The van der Waals surface area contributed by atoms with Crippen molar-refractivity contribution >= 4 is 11.8 Å². The summed E-state index contributed by atoms with van der Waals surface area (Å²) in [6, 6.07) is 7.87. The Labute approximate surface area is 157 Å². The summed E-state index contributed by atoms with van der Waals surface area (Å²) in [7, 11) is 0. The van der Waals surface area contributed by atoms with E-state index >= 15 is 0 Å². The van der Waals surface area contributed by atoms with Crippen molar-refractivity contribution < 1.29 is 26.9 Å². The highest BCUT2D eigenvalue weighted by atomic mass is 19.4. The molecular weight excluding hydrogens is 375 g/mol. The number of nitrogens with one attached hydrogen (secondary N) is 1. The third-order valence-corrected chi connectivity index (χ3v) is 4.70. The predicted octanol–water partition coefficient (Wildman–Crippen LogP) is 4.48. The molecule has 28 heavy (non-hydrogen) atoms. The Hall–Kier alpha value is -3.23. The van der Waals surface area contributed by atoms with E-state index in [4.69, 9.17) is 14.7 Å². The number of anilines is 1. The van der Waals surface area contributed by atoms with Gasteiger partial charge in [-0.2, -0.15) is 13.2 Å². The van der Waals surface area contributed by atoms with E-state index in [9.17, 15) is 18.0 Å². The van der Waals surface area contributed by atoms with Crippen LogP contribution in [-0.2, 0) is 6.18 Å². The van der Waals surface area contributed by atoms with E-state index in [1.807, 2.05) is 0 Å². The minimum absolute atomic E-state index is 0.0526. The molecule has 0 radical (unpaired) electrons. The molecule has 0 spiro atoms. The molecule has 2 aromatic heterocycles. The summed E-state index contributed by atoms with van der Waals surface area (Å²) >= 11 is 0. The highest BCUT2D eigenvalue weighted by Gasteiger charge is 2.31. The average molecular weight is 391 g/mol. The standard InChI is InChI=1S/C19H16F3N3O3/c20-19(21,22)11-4-1-3-10(9-11)13-7-8-14(27-13)16-15(17(23)28-25-16)18(26)24-12-5-2-6-12/h1,3-4,7-9,12H,2,5-6,23H2,(H,24,26). The molecule has 1 saturated carbocycles. The van der Waals surface area contributed by atoms with Gasteiger partial charge in [-0.1, -0.05) is 17.3 Å². The third-order valence-electron chi connectivity index (χ3n) is 4.70. The number of halogens is 3. The maximum Gasteiger partial charge on any atom is 0.416 e. The van der Waals surface area contributed by atoms with E-state index in [0.717, 1.165) is 31.4 Å². The summed E-state index contributed by atoms with van der Waals surface area (Å²) in [5.41, 5.74) is 5.37. The molecule has 0 saturated heterocycles. The molecule has 6 nitrogen and oxygen atoms in total. The van der Waals surface area contributed by atoms with Gasteiger partial charge in [0.1, 0.15) is 11.3 Å².